The number of nitrogens with zero attached hydrogens (tertiary/aromatic N) is 1. The molecule has 0 radical (unpaired) electrons. The molecule has 3 nitrogen and oxygen atoms in total. The van der Waals surface area contributed by atoms with Gasteiger partial charge in [0, 0.05) is 11.4 Å². The summed E-state index contributed by atoms with van der Waals surface area (Å²) in [7, 11) is 0. The van der Waals surface area contributed by atoms with Crippen molar-refractivity contribution < 1.29 is 4.79 Å². The van der Waals surface area contributed by atoms with Crippen LogP contribution in [-0.4, -0.2) is 16.9 Å². The molecule has 1 fully saturated rings. The molecule has 0 aliphatic heterocycles. The zero-order chi connectivity index (χ0) is 10.5. The highest BCUT2D eigenvalue weighted by Crippen LogP contribution is 2.17. The van der Waals surface area contributed by atoms with Crippen molar-refractivity contribution in [3.63, 3.8) is 0 Å². The maximum Gasteiger partial charge on any atom is 0.226 e. The topological polar surface area (TPSA) is 42.0 Å². The fourth-order valence-corrected chi connectivity index (χ4v) is 2.57. The van der Waals surface area contributed by atoms with Crippen molar-refractivity contribution in [2.75, 3.05) is 0 Å². The predicted octanol–water partition coefficient (Wildman–Crippen LogP) is 2.13. The number of carbonyl (C=O) groups is 1. The summed E-state index contributed by atoms with van der Waals surface area (Å²) in [4.78, 5) is 15.7. The van der Waals surface area contributed by atoms with E-state index in [0.717, 1.165) is 18.5 Å². The van der Waals surface area contributed by atoms with Crippen LogP contribution in [0.2, 0.25) is 0 Å². The summed E-state index contributed by atoms with van der Waals surface area (Å²) in [5.74, 6) is 0.118. The number of aromatic nitrogens is 1. The monoisotopic (exact) mass is 224 g/mol. The number of hydrogen-bond donors (Lipinski definition) is 1. The fraction of sp³-hybridized carbons (Fsp3) is 0.636. The molecule has 1 saturated carbocycles. The first-order valence-electron chi connectivity index (χ1n) is 5.51. The van der Waals surface area contributed by atoms with E-state index in [0.29, 0.717) is 12.5 Å². The van der Waals surface area contributed by atoms with E-state index < -0.39 is 0 Å². The van der Waals surface area contributed by atoms with Crippen LogP contribution in [0.4, 0.5) is 0 Å². The van der Waals surface area contributed by atoms with Crippen molar-refractivity contribution in [1.29, 1.82) is 0 Å². The van der Waals surface area contributed by atoms with Gasteiger partial charge in [0.2, 0.25) is 5.91 Å². The molecular formula is C11H16N2OS. The first kappa shape index (κ1) is 10.6. The van der Waals surface area contributed by atoms with Crippen LogP contribution in [0.25, 0.3) is 0 Å². The maximum absolute atomic E-state index is 11.6. The molecule has 0 bridgehead atoms. The fourth-order valence-electron chi connectivity index (χ4n) is 2.01. The molecule has 0 unspecified atom stereocenters. The Morgan fingerprint density at radius 1 is 1.47 bits per heavy atom. The van der Waals surface area contributed by atoms with Crippen molar-refractivity contribution >= 4 is 17.2 Å². The van der Waals surface area contributed by atoms with E-state index in [4.69, 9.17) is 0 Å². The van der Waals surface area contributed by atoms with Crippen LogP contribution in [0.3, 0.4) is 0 Å². The molecule has 1 N–H and O–H groups in total. The third kappa shape index (κ3) is 3.30. The number of carbonyl (C=O) groups excluding carboxylic acids is 1. The highest BCUT2D eigenvalue weighted by Gasteiger charge is 2.15. The molecular weight excluding hydrogens is 208 g/mol. The molecule has 1 aliphatic rings. The quantitative estimate of drug-likeness (QED) is 0.854. The number of rotatable bonds is 3. The van der Waals surface area contributed by atoms with Crippen molar-refractivity contribution in [3.8, 4) is 0 Å². The number of hydrogen-bond acceptors (Lipinski definition) is 3. The minimum Gasteiger partial charge on any atom is -0.353 e. The highest BCUT2D eigenvalue weighted by molar-refractivity contribution is 7.07. The van der Waals surface area contributed by atoms with Gasteiger partial charge in [-0.2, -0.15) is 0 Å². The lowest BCUT2D eigenvalue weighted by molar-refractivity contribution is -0.121. The second-order valence-corrected chi connectivity index (χ2v) is 4.78. The van der Waals surface area contributed by atoms with E-state index in [1.807, 2.05) is 5.38 Å². The Hall–Kier alpha value is -0.900. The molecule has 1 aliphatic carbocycles. The van der Waals surface area contributed by atoms with E-state index in [9.17, 15) is 4.79 Å². The van der Waals surface area contributed by atoms with E-state index in [2.05, 4.69) is 10.3 Å². The van der Waals surface area contributed by atoms with Crippen molar-refractivity contribution in [2.45, 2.75) is 44.6 Å². The molecule has 82 valence electrons. The molecule has 1 aromatic rings. The van der Waals surface area contributed by atoms with E-state index in [1.165, 1.54) is 30.6 Å². The van der Waals surface area contributed by atoms with Gasteiger partial charge < -0.3 is 5.32 Å². The van der Waals surface area contributed by atoms with Crippen LogP contribution < -0.4 is 5.32 Å². The van der Waals surface area contributed by atoms with Gasteiger partial charge >= 0.3 is 0 Å². The third-order valence-corrected chi connectivity index (χ3v) is 3.43. The number of thiazole rings is 1. The van der Waals surface area contributed by atoms with Crippen LogP contribution in [0, 0.1) is 0 Å². The summed E-state index contributed by atoms with van der Waals surface area (Å²) in [5, 5.41) is 5.01. The molecule has 1 heterocycles. The predicted molar refractivity (Wildman–Crippen MR) is 60.8 cm³/mol. The SMILES string of the molecule is O=C(Cc1cscn1)NC1CCCCC1. The Bertz CT molecular complexity index is 304. The zero-order valence-corrected chi connectivity index (χ0v) is 9.55. The smallest absolute Gasteiger partial charge is 0.226 e. The normalized spacial score (nSPS) is 17.6. The summed E-state index contributed by atoms with van der Waals surface area (Å²) < 4.78 is 0. The summed E-state index contributed by atoms with van der Waals surface area (Å²) >= 11 is 1.54. The maximum atomic E-state index is 11.6. The van der Waals surface area contributed by atoms with E-state index >= 15 is 0 Å². The van der Waals surface area contributed by atoms with Crippen LogP contribution in [-0.2, 0) is 11.2 Å². The molecule has 4 heteroatoms. The van der Waals surface area contributed by atoms with Gasteiger partial charge in [-0.3, -0.25) is 4.79 Å². The van der Waals surface area contributed by atoms with Gasteiger partial charge in [0.1, 0.15) is 0 Å². The van der Waals surface area contributed by atoms with Gasteiger partial charge in [-0.25, -0.2) is 4.98 Å². The van der Waals surface area contributed by atoms with Crippen LogP contribution in [0.5, 0.6) is 0 Å². The molecule has 0 spiro atoms. The van der Waals surface area contributed by atoms with E-state index in [-0.39, 0.29) is 5.91 Å². The average molecular weight is 224 g/mol. The second kappa shape index (κ2) is 5.26. The van der Waals surface area contributed by atoms with Gasteiger partial charge in [0.25, 0.3) is 0 Å². The lowest BCUT2D eigenvalue weighted by Crippen LogP contribution is -2.37. The summed E-state index contributed by atoms with van der Waals surface area (Å²) in [6.45, 7) is 0. The summed E-state index contributed by atoms with van der Waals surface area (Å²) in [5.41, 5.74) is 2.65. The number of amides is 1. The highest BCUT2D eigenvalue weighted by atomic mass is 32.1. The standard InChI is InChI=1S/C11H16N2OS/c14-11(6-10-7-15-8-12-10)13-9-4-2-1-3-5-9/h7-9H,1-6H2,(H,13,14). The van der Waals surface area contributed by atoms with Gasteiger partial charge in [-0.05, 0) is 12.8 Å². The Morgan fingerprint density at radius 3 is 2.93 bits per heavy atom. The van der Waals surface area contributed by atoms with Crippen LogP contribution in [0.15, 0.2) is 10.9 Å². The third-order valence-electron chi connectivity index (χ3n) is 2.80. The first-order chi connectivity index (χ1) is 7.34. The van der Waals surface area contributed by atoms with E-state index in [1.54, 1.807) is 5.51 Å². The molecule has 0 atom stereocenters. The first-order valence-corrected chi connectivity index (χ1v) is 6.45. The van der Waals surface area contributed by atoms with Crippen molar-refractivity contribution in [2.24, 2.45) is 0 Å². The molecule has 15 heavy (non-hydrogen) atoms. The Labute approximate surface area is 93.9 Å². The average Bonchev–Trinajstić information content (AvgIpc) is 2.71. The minimum atomic E-state index is 0.118. The molecule has 2 rings (SSSR count). The molecule has 1 amide bonds. The largest absolute Gasteiger partial charge is 0.353 e. The molecule has 1 aromatic heterocycles. The zero-order valence-electron chi connectivity index (χ0n) is 8.74. The molecule has 0 saturated heterocycles. The minimum absolute atomic E-state index is 0.118. The van der Waals surface area contributed by atoms with Gasteiger partial charge in [0.05, 0.1) is 17.6 Å². The Morgan fingerprint density at radius 2 is 2.27 bits per heavy atom. The van der Waals surface area contributed by atoms with Crippen LogP contribution >= 0.6 is 11.3 Å². The lowest BCUT2D eigenvalue weighted by Gasteiger charge is -2.22. The van der Waals surface area contributed by atoms with Gasteiger partial charge in [-0.15, -0.1) is 11.3 Å². The van der Waals surface area contributed by atoms with Crippen molar-refractivity contribution in [1.82, 2.24) is 10.3 Å². The van der Waals surface area contributed by atoms with Gasteiger partial charge in [0.15, 0.2) is 0 Å². The second-order valence-electron chi connectivity index (χ2n) is 4.06. The lowest BCUT2D eigenvalue weighted by atomic mass is 9.95. The summed E-state index contributed by atoms with van der Waals surface area (Å²) in [6, 6.07) is 0.407. The summed E-state index contributed by atoms with van der Waals surface area (Å²) in [6.07, 6.45) is 6.54. The van der Waals surface area contributed by atoms with Gasteiger partial charge in [-0.1, -0.05) is 19.3 Å². The Kier molecular flexibility index (Phi) is 3.72. The van der Waals surface area contributed by atoms with Crippen molar-refractivity contribution in [3.05, 3.63) is 16.6 Å². The molecule has 0 aromatic carbocycles. The Balaban J connectivity index is 1.76. The van der Waals surface area contributed by atoms with Crippen LogP contribution in [0.1, 0.15) is 37.8 Å². The number of nitrogens with one attached hydrogen (secondary N) is 1.